The number of ether oxygens (including phenoxy) is 1. The van der Waals surface area contributed by atoms with Gasteiger partial charge in [-0.2, -0.15) is 4.98 Å². The van der Waals surface area contributed by atoms with Crippen LogP contribution in [-0.2, 0) is 4.79 Å². The molecule has 0 saturated carbocycles. The highest BCUT2D eigenvalue weighted by atomic mass is 79.9. The van der Waals surface area contributed by atoms with Crippen LogP contribution in [0, 0.1) is 5.92 Å². The van der Waals surface area contributed by atoms with Gasteiger partial charge < -0.3 is 14.5 Å². The molecule has 9 heteroatoms. The third-order valence-electron chi connectivity index (χ3n) is 5.10. The van der Waals surface area contributed by atoms with E-state index in [2.05, 4.69) is 30.8 Å². The average Bonchev–Trinajstić information content (AvgIpc) is 2.62. The van der Waals surface area contributed by atoms with Crippen molar-refractivity contribution in [1.29, 1.82) is 0 Å². The predicted molar refractivity (Wildman–Crippen MR) is 96.6 cm³/mol. The molecule has 1 aromatic rings. The summed E-state index contributed by atoms with van der Waals surface area (Å²) in [6, 6.07) is 0. The van der Waals surface area contributed by atoms with Gasteiger partial charge in [0.15, 0.2) is 0 Å². The van der Waals surface area contributed by atoms with Crippen LogP contribution in [0.4, 0.5) is 14.7 Å². The van der Waals surface area contributed by atoms with Gasteiger partial charge in [-0.25, -0.2) is 13.8 Å². The minimum atomic E-state index is -2.62. The van der Waals surface area contributed by atoms with Crippen molar-refractivity contribution in [2.75, 3.05) is 38.2 Å². The molecule has 0 aromatic carbocycles. The first kappa shape index (κ1) is 19.3. The fourth-order valence-electron chi connectivity index (χ4n) is 3.43. The number of halogens is 3. The van der Waals surface area contributed by atoms with Crippen LogP contribution in [0.1, 0.15) is 32.1 Å². The molecule has 0 radical (unpaired) electrons. The zero-order chi connectivity index (χ0) is 18.7. The summed E-state index contributed by atoms with van der Waals surface area (Å²) >= 11 is 3.34. The summed E-state index contributed by atoms with van der Waals surface area (Å²) in [5.41, 5.74) is 0. The largest absolute Gasteiger partial charge is 0.480 e. The highest BCUT2D eigenvalue weighted by Crippen LogP contribution is 2.30. The van der Waals surface area contributed by atoms with Crippen molar-refractivity contribution in [3.8, 4) is 5.88 Å². The van der Waals surface area contributed by atoms with Gasteiger partial charge in [-0.1, -0.05) is 0 Å². The van der Waals surface area contributed by atoms with E-state index in [9.17, 15) is 13.6 Å². The molecule has 2 aliphatic heterocycles. The summed E-state index contributed by atoms with van der Waals surface area (Å²) in [5.74, 6) is -1.23. The number of rotatable bonds is 4. The van der Waals surface area contributed by atoms with Crippen LogP contribution in [0.15, 0.2) is 10.7 Å². The number of methoxy groups -OCH3 is 1. The normalized spacial score (nSPS) is 20.9. The van der Waals surface area contributed by atoms with Crippen molar-refractivity contribution >= 4 is 27.8 Å². The molecule has 0 bridgehead atoms. The number of carbonyl (C=O) groups excluding carboxylic acids is 1. The molecule has 0 aliphatic carbocycles. The maximum Gasteiger partial charge on any atom is 0.251 e. The van der Waals surface area contributed by atoms with Crippen molar-refractivity contribution in [3.05, 3.63) is 10.7 Å². The molecule has 2 aliphatic rings. The summed E-state index contributed by atoms with van der Waals surface area (Å²) in [6.07, 6.45) is 3.38. The van der Waals surface area contributed by atoms with Crippen LogP contribution >= 0.6 is 15.9 Å². The Morgan fingerprint density at radius 2 is 1.96 bits per heavy atom. The first-order valence-corrected chi connectivity index (χ1v) is 9.64. The van der Waals surface area contributed by atoms with Crippen molar-refractivity contribution in [2.24, 2.45) is 5.92 Å². The second kappa shape index (κ2) is 8.02. The summed E-state index contributed by atoms with van der Waals surface area (Å²) < 4.78 is 32.3. The van der Waals surface area contributed by atoms with Gasteiger partial charge in [-0.05, 0) is 34.7 Å². The monoisotopic (exact) mass is 432 g/mol. The second-order valence-corrected chi connectivity index (χ2v) is 7.75. The molecule has 0 unspecified atom stereocenters. The Hall–Kier alpha value is -1.51. The number of piperidine rings is 2. The molecule has 0 N–H and O–H groups in total. The molecule has 1 amide bonds. The SMILES string of the molecule is COc1nc(N2CCC(CC(=O)N3CCC(F)(F)CC3)CC2)ncc1Br. The molecule has 1 aromatic heterocycles. The number of nitrogens with zero attached hydrogens (tertiary/aromatic N) is 4. The maximum atomic E-state index is 13.2. The molecule has 0 atom stereocenters. The number of hydrogen-bond donors (Lipinski definition) is 0. The van der Waals surface area contributed by atoms with Crippen LogP contribution in [0.2, 0.25) is 0 Å². The Morgan fingerprint density at radius 3 is 2.58 bits per heavy atom. The Balaban J connectivity index is 1.49. The molecule has 3 rings (SSSR count). The molecular formula is C17H23BrF2N4O2. The van der Waals surface area contributed by atoms with Crippen LogP contribution in [0.3, 0.4) is 0 Å². The highest BCUT2D eigenvalue weighted by molar-refractivity contribution is 9.10. The number of amides is 1. The van der Waals surface area contributed by atoms with Gasteiger partial charge in [-0.3, -0.25) is 4.79 Å². The molecule has 3 heterocycles. The molecule has 2 fully saturated rings. The first-order valence-electron chi connectivity index (χ1n) is 8.85. The quantitative estimate of drug-likeness (QED) is 0.731. The Bertz CT molecular complexity index is 644. The van der Waals surface area contributed by atoms with E-state index in [4.69, 9.17) is 4.74 Å². The third-order valence-corrected chi connectivity index (χ3v) is 5.64. The lowest BCUT2D eigenvalue weighted by Crippen LogP contribution is -2.44. The number of anilines is 1. The second-order valence-electron chi connectivity index (χ2n) is 6.90. The molecule has 144 valence electrons. The fourth-order valence-corrected chi connectivity index (χ4v) is 3.79. The van der Waals surface area contributed by atoms with Crippen molar-refractivity contribution in [1.82, 2.24) is 14.9 Å². The van der Waals surface area contributed by atoms with Gasteiger partial charge in [-0.15, -0.1) is 0 Å². The lowest BCUT2D eigenvalue weighted by molar-refractivity contribution is -0.138. The summed E-state index contributed by atoms with van der Waals surface area (Å²) in [4.78, 5) is 24.8. The first-order chi connectivity index (χ1) is 12.4. The summed E-state index contributed by atoms with van der Waals surface area (Å²) in [6.45, 7) is 1.86. The van der Waals surface area contributed by atoms with Gasteiger partial charge in [0.1, 0.15) is 0 Å². The van der Waals surface area contributed by atoms with E-state index in [1.54, 1.807) is 18.2 Å². The van der Waals surface area contributed by atoms with E-state index in [1.807, 2.05) is 0 Å². The standard InChI is InChI=1S/C17H23BrF2N4O2/c1-26-15-13(18)11-21-16(22-15)24-6-2-12(3-7-24)10-14(25)23-8-4-17(19,20)5-9-23/h11-12H,2-10H2,1H3. The van der Waals surface area contributed by atoms with Crippen molar-refractivity contribution < 1.29 is 18.3 Å². The molecule has 2 saturated heterocycles. The number of hydrogen-bond acceptors (Lipinski definition) is 5. The van der Waals surface area contributed by atoms with E-state index >= 15 is 0 Å². The van der Waals surface area contributed by atoms with Crippen LogP contribution in [0.25, 0.3) is 0 Å². The van der Waals surface area contributed by atoms with Gasteiger partial charge in [0, 0.05) is 45.4 Å². The Morgan fingerprint density at radius 1 is 1.31 bits per heavy atom. The topological polar surface area (TPSA) is 58.6 Å². The van der Waals surface area contributed by atoms with E-state index in [1.165, 1.54) is 0 Å². The zero-order valence-corrected chi connectivity index (χ0v) is 16.3. The molecular weight excluding hydrogens is 410 g/mol. The Labute approximate surface area is 160 Å². The highest BCUT2D eigenvalue weighted by Gasteiger charge is 2.36. The summed E-state index contributed by atoms with van der Waals surface area (Å²) in [5, 5.41) is 0. The molecule has 0 spiro atoms. The van der Waals surface area contributed by atoms with Crippen molar-refractivity contribution in [2.45, 2.75) is 38.0 Å². The van der Waals surface area contributed by atoms with Gasteiger partial charge in [0.2, 0.25) is 17.7 Å². The Kier molecular flexibility index (Phi) is 5.94. The van der Waals surface area contributed by atoms with Crippen LogP contribution in [-0.4, -0.2) is 60.0 Å². The molecule has 6 nitrogen and oxygen atoms in total. The minimum Gasteiger partial charge on any atom is -0.480 e. The number of carbonyl (C=O) groups is 1. The molecule has 26 heavy (non-hydrogen) atoms. The van der Waals surface area contributed by atoms with E-state index in [-0.39, 0.29) is 37.8 Å². The van der Waals surface area contributed by atoms with Crippen LogP contribution < -0.4 is 9.64 Å². The minimum absolute atomic E-state index is 0.000473. The number of likely N-dealkylation sites (tertiary alicyclic amines) is 1. The maximum absolute atomic E-state index is 13.2. The van der Waals surface area contributed by atoms with Gasteiger partial charge >= 0.3 is 0 Å². The average molecular weight is 433 g/mol. The van der Waals surface area contributed by atoms with Crippen molar-refractivity contribution in [3.63, 3.8) is 0 Å². The smallest absolute Gasteiger partial charge is 0.251 e. The van der Waals surface area contributed by atoms with Gasteiger partial charge in [0.05, 0.1) is 17.8 Å². The van der Waals surface area contributed by atoms with Crippen LogP contribution in [0.5, 0.6) is 5.88 Å². The third kappa shape index (κ3) is 4.61. The summed E-state index contributed by atoms with van der Waals surface area (Å²) in [7, 11) is 1.56. The number of aromatic nitrogens is 2. The van der Waals surface area contributed by atoms with E-state index < -0.39 is 5.92 Å². The lowest BCUT2D eigenvalue weighted by Gasteiger charge is -2.35. The predicted octanol–water partition coefficient (Wildman–Crippen LogP) is 3.11. The lowest BCUT2D eigenvalue weighted by atomic mass is 9.92. The van der Waals surface area contributed by atoms with E-state index in [0.29, 0.717) is 22.7 Å². The number of alkyl halides is 2. The van der Waals surface area contributed by atoms with E-state index in [0.717, 1.165) is 25.9 Å². The zero-order valence-electron chi connectivity index (χ0n) is 14.8. The van der Waals surface area contributed by atoms with Gasteiger partial charge in [0.25, 0.3) is 5.92 Å². The fraction of sp³-hybridized carbons (Fsp3) is 0.706.